The second-order valence-electron chi connectivity index (χ2n) is 10.0. The predicted molar refractivity (Wildman–Crippen MR) is 133 cm³/mol. The van der Waals surface area contributed by atoms with Gasteiger partial charge >= 0.3 is 0 Å². The molecule has 0 aliphatic carbocycles. The maximum absolute atomic E-state index is 13.0. The van der Waals surface area contributed by atoms with E-state index in [1.807, 2.05) is 42.1 Å². The van der Waals surface area contributed by atoms with Crippen molar-refractivity contribution in [1.82, 2.24) is 14.8 Å². The van der Waals surface area contributed by atoms with Crippen molar-refractivity contribution in [3.05, 3.63) is 70.7 Å². The Morgan fingerprint density at radius 3 is 2.59 bits per heavy atom. The molecule has 1 aliphatic rings. The van der Waals surface area contributed by atoms with Gasteiger partial charge in [-0.1, -0.05) is 26.8 Å². The van der Waals surface area contributed by atoms with Gasteiger partial charge in [0.15, 0.2) is 5.82 Å². The highest BCUT2D eigenvalue weighted by molar-refractivity contribution is 6.04. The molecule has 1 fully saturated rings. The van der Waals surface area contributed by atoms with Crippen LogP contribution in [0.15, 0.2) is 42.6 Å². The smallest absolute Gasteiger partial charge is 0.267 e. The Morgan fingerprint density at radius 1 is 1.15 bits per heavy atom. The fourth-order valence-electron chi connectivity index (χ4n) is 4.64. The molecule has 0 radical (unpaired) electrons. The van der Waals surface area contributed by atoms with Crippen molar-refractivity contribution < 1.29 is 9.59 Å². The topological polar surface area (TPSA) is 106 Å². The molecule has 1 aromatic carbocycles. The number of rotatable bonds is 5. The molecule has 2 aromatic heterocycles. The SMILES string of the molecule is Cc1ccc(C(=O)Nc2cc(C(C)(C)C)n(C)n2)cc1[C@@H]1CCN(c2ccnc(C(N)=O)c2)C1. The molecule has 8 heteroatoms. The highest BCUT2D eigenvalue weighted by atomic mass is 16.2. The minimum Gasteiger partial charge on any atom is -0.371 e. The monoisotopic (exact) mass is 460 g/mol. The van der Waals surface area contributed by atoms with E-state index in [-0.39, 0.29) is 22.9 Å². The molecular weight excluding hydrogens is 428 g/mol. The molecule has 0 saturated carbocycles. The Labute approximate surface area is 200 Å². The van der Waals surface area contributed by atoms with Gasteiger partial charge in [-0.15, -0.1) is 0 Å². The lowest BCUT2D eigenvalue weighted by molar-refractivity contribution is 0.0993. The lowest BCUT2D eigenvalue weighted by Crippen LogP contribution is -2.21. The second kappa shape index (κ2) is 8.93. The van der Waals surface area contributed by atoms with Crippen LogP contribution in [0.1, 0.15) is 70.8 Å². The standard InChI is InChI=1S/C26H32N6O2/c1-16-6-7-17(25(34)29-23-14-22(26(2,3)4)31(5)30-23)12-20(16)18-9-11-32(15-18)19-8-10-28-21(13-19)24(27)33/h6-8,10,12-14,18H,9,11,15H2,1-5H3,(H2,27,33)(H,29,30,34)/t18-/m1/s1. The Bertz CT molecular complexity index is 1240. The molecule has 0 bridgehead atoms. The first kappa shape index (κ1) is 23.5. The summed E-state index contributed by atoms with van der Waals surface area (Å²) in [4.78, 5) is 30.8. The van der Waals surface area contributed by atoms with E-state index in [2.05, 4.69) is 48.0 Å². The van der Waals surface area contributed by atoms with E-state index in [0.717, 1.165) is 42.0 Å². The van der Waals surface area contributed by atoms with E-state index in [0.29, 0.717) is 11.4 Å². The molecule has 34 heavy (non-hydrogen) atoms. The molecule has 3 aromatic rings. The van der Waals surface area contributed by atoms with Crippen LogP contribution in [-0.4, -0.2) is 39.7 Å². The summed E-state index contributed by atoms with van der Waals surface area (Å²) in [6.07, 6.45) is 2.57. The number of nitrogens with two attached hydrogens (primary N) is 1. The first-order valence-corrected chi connectivity index (χ1v) is 11.5. The summed E-state index contributed by atoms with van der Waals surface area (Å²) in [6.45, 7) is 10.1. The van der Waals surface area contributed by atoms with E-state index >= 15 is 0 Å². The van der Waals surface area contributed by atoms with Gasteiger partial charge < -0.3 is 16.0 Å². The zero-order valence-electron chi connectivity index (χ0n) is 20.4. The number of hydrogen-bond donors (Lipinski definition) is 2. The van der Waals surface area contributed by atoms with E-state index in [1.54, 1.807) is 12.3 Å². The van der Waals surface area contributed by atoms with Gasteiger partial charge in [-0.3, -0.25) is 19.3 Å². The van der Waals surface area contributed by atoms with Crippen molar-refractivity contribution in [2.24, 2.45) is 12.8 Å². The Morgan fingerprint density at radius 2 is 1.91 bits per heavy atom. The maximum atomic E-state index is 13.0. The Kier molecular flexibility index (Phi) is 6.17. The summed E-state index contributed by atoms with van der Waals surface area (Å²) in [5.74, 6) is 0.124. The van der Waals surface area contributed by atoms with Crippen molar-refractivity contribution in [3.63, 3.8) is 0 Å². The van der Waals surface area contributed by atoms with Crippen LogP contribution in [0.25, 0.3) is 0 Å². The number of carbonyl (C=O) groups is 2. The van der Waals surface area contributed by atoms with Crippen LogP contribution in [-0.2, 0) is 12.5 Å². The molecule has 0 unspecified atom stereocenters. The number of nitrogens with one attached hydrogen (secondary N) is 1. The fourth-order valence-corrected chi connectivity index (χ4v) is 4.64. The van der Waals surface area contributed by atoms with Gasteiger partial charge in [0, 0.05) is 60.7 Å². The van der Waals surface area contributed by atoms with Crippen molar-refractivity contribution >= 4 is 23.3 Å². The third kappa shape index (κ3) is 4.81. The van der Waals surface area contributed by atoms with E-state index in [9.17, 15) is 9.59 Å². The number of benzene rings is 1. The lowest BCUT2D eigenvalue weighted by atomic mass is 9.92. The lowest BCUT2D eigenvalue weighted by Gasteiger charge is -2.20. The number of amides is 2. The third-order valence-corrected chi connectivity index (χ3v) is 6.42. The van der Waals surface area contributed by atoms with Gasteiger partial charge in [-0.25, -0.2) is 0 Å². The third-order valence-electron chi connectivity index (χ3n) is 6.42. The van der Waals surface area contributed by atoms with Crippen LogP contribution in [0.5, 0.6) is 0 Å². The Hall–Kier alpha value is -3.68. The molecule has 3 N–H and O–H groups in total. The molecule has 3 heterocycles. The molecule has 1 atom stereocenters. The molecule has 2 amide bonds. The zero-order chi connectivity index (χ0) is 24.6. The number of aryl methyl sites for hydroxylation is 2. The van der Waals surface area contributed by atoms with Gasteiger partial charge in [0.25, 0.3) is 11.8 Å². The van der Waals surface area contributed by atoms with E-state index in [1.165, 1.54) is 0 Å². The van der Waals surface area contributed by atoms with Crippen LogP contribution in [0, 0.1) is 6.92 Å². The quantitative estimate of drug-likeness (QED) is 0.603. The number of aromatic nitrogens is 3. The first-order chi connectivity index (χ1) is 16.0. The predicted octanol–water partition coefficient (Wildman–Crippen LogP) is 3.77. The van der Waals surface area contributed by atoms with Crippen LogP contribution < -0.4 is 16.0 Å². The summed E-state index contributed by atoms with van der Waals surface area (Å²) < 4.78 is 1.81. The second-order valence-corrected chi connectivity index (χ2v) is 10.0. The molecule has 0 spiro atoms. The molecule has 1 saturated heterocycles. The summed E-state index contributed by atoms with van der Waals surface area (Å²) in [6, 6.07) is 11.4. The van der Waals surface area contributed by atoms with Crippen LogP contribution in [0.2, 0.25) is 0 Å². The largest absolute Gasteiger partial charge is 0.371 e. The number of pyridine rings is 1. The van der Waals surface area contributed by atoms with Gasteiger partial charge in [0.2, 0.25) is 0 Å². The number of nitrogens with zero attached hydrogens (tertiary/aromatic N) is 4. The minimum atomic E-state index is -0.533. The summed E-state index contributed by atoms with van der Waals surface area (Å²) >= 11 is 0. The van der Waals surface area contributed by atoms with Crippen LogP contribution >= 0.6 is 0 Å². The van der Waals surface area contributed by atoms with Crippen molar-refractivity contribution in [1.29, 1.82) is 0 Å². The van der Waals surface area contributed by atoms with Crippen molar-refractivity contribution in [2.45, 2.75) is 45.4 Å². The molecule has 1 aliphatic heterocycles. The molecule has 178 valence electrons. The average molecular weight is 461 g/mol. The van der Waals surface area contributed by atoms with Gasteiger partial charge in [0.05, 0.1) is 0 Å². The number of hydrogen-bond acceptors (Lipinski definition) is 5. The highest BCUT2D eigenvalue weighted by Crippen LogP contribution is 2.33. The van der Waals surface area contributed by atoms with Crippen LogP contribution in [0.4, 0.5) is 11.5 Å². The number of anilines is 2. The fraction of sp³-hybridized carbons (Fsp3) is 0.385. The summed E-state index contributed by atoms with van der Waals surface area (Å²) in [5.41, 5.74) is 10.5. The van der Waals surface area contributed by atoms with Gasteiger partial charge in [0.1, 0.15) is 5.69 Å². The summed E-state index contributed by atoms with van der Waals surface area (Å²) in [5, 5.41) is 7.41. The Balaban J connectivity index is 1.51. The van der Waals surface area contributed by atoms with Crippen molar-refractivity contribution in [2.75, 3.05) is 23.3 Å². The first-order valence-electron chi connectivity index (χ1n) is 11.5. The van der Waals surface area contributed by atoms with Gasteiger partial charge in [-0.05, 0) is 48.7 Å². The average Bonchev–Trinajstić information content (AvgIpc) is 3.41. The van der Waals surface area contributed by atoms with E-state index < -0.39 is 5.91 Å². The maximum Gasteiger partial charge on any atom is 0.267 e. The van der Waals surface area contributed by atoms with Gasteiger partial charge in [-0.2, -0.15) is 5.10 Å². The molecular formula is C26H32N6O2. The van der Waals surface area contributed by atoms with Crippen LogP contribution in [0.3, 0.4) is 0 Å². The van der Waals surface area contributed by atoms with Crippen molar-refractivity contribution in [3.8, 4) is 0 Å². The summed E-state index contributed by atoms with van der Waals surface area (Å²) in [7, 11) is 1.89. The molecule has 8 nitrogen and oxygen atoms in total. The highest BCUT2D eigenvalue weighted by Gasteiger charge is 2.27. The zero-order valence-corrected chi connectivity index (χ0v) is 20.4. The molecule has 4 rings (SSSR count). The number of carbonyl (C=O) groups excluding carboxylic acids is 2. The normalized spacial score (nSPS) is 16.0. The number of primary amides is 1. The minimum absolute atomic E-state index is 0.0663. The van der Waals surface area contributed by atoms with E-state index in [4.69, 9.17) is 5.73 Å².